The minimum atomic E-state index is -0.541. The van der Waals surface area contributed by atoms with Crippen molar-refractivity contribution >= 4 is 0 Å². The molecule has 0 heterocycles. The van der Waals surface area contributed by atoms with E-state index in [1.165, 1.54) is 7.11 Å². The van der Waals surface area contributed by atoms with E-state index >= 15 is 0 Å². The van der Waals surface area contributed by atoms with Gasteiger partial charge in [-0.25, -0.2) is 0 Å². The van der Waals surface area contributed by atoms with E-state index in [9.17, 15) is 4.39 Å². The highest BCUT2D eigenvalue weighted by atomic mass is 19.1. The Morgan fingerprint density at radius 1 is 1.30 bits per heavy atom. The Morgan fingerprint density at radius 3 is 2.40 bits per heavy atom. The van der Waals surface area contributed by atoms with Crippen molar-refractivity contribution in [2.24, 2.45) is 0 Å². The van der Waals surface area contributed by atoms with Crippen LogP contribution in [0.25, 0.3) is 0 Å². The van der Waals surface area contributed by atoms with Crippen molar-refractivity contribution in [3.63, 3.8) is 0 Å². The van der Waals surface area contributed by atoms with Crippen LogP contribution in [0, 0.1) is 6.36 Å². The third-order valence-corrected chi connectivity index (χ3v) is 1.18. The minimum absolute atomic E-state index is 0.477. The number of benzene rings is 1. The Morgan fingerprint density at radius 2 is 1.90 bits per heavy atom. The van der Waals surface area contributed by atoms with E-state index in [1.807, 2.05) is 6.07 Å². The van der Waals surface area contributed by atoms with Gasteiger partial charge in [0.05, 0.1) is 0 Å². The average Bonchev–Trinajstić information content (AvgIpc) is 2.05. The first-order valence-electron chi connectivity index (χ1n) is 2.96. The van der Waals surface area contributed by atoms with Crippen LogP contribution in [0.4, 0.5) is 4.39 Å². The Kier molecular flexibility index (Phi) is 2.40. The van der Waals surface area contributed by atoms with Gasteiger partial charge >= 0.3 is 0 Å². The normalized spacial score (nSPS) is 10.3. The van der Waals surface area contributed by atoms with E-state index in [4.69, 9.17) is 0 Å². The second-order valence-corrected chi connectivity index (χ2v) is 1.84. The van der Waals surface area contributed by atoms with Crippen molar-refractivity contribution in [3.8, 4) is 0 Å². The molecule has 1 rings (SSSR count). The van der Waals surface area contributed by atoms with Gasteiger partial charge in [-0.05, 0) is 0 Å². The van der Waals surface area contributed by atoms with E-state index < -0.39 is 6.36 Å². The van der Waals surface area contributed by atoms with Crippen LogP contribution in [0.1, 0.15) is 5.56 Å². The third kappa shape index (κ3) is 1.54. The topological polar surface area (TPSA) is 9.23 Å². The monoisotopic (exact) mass is 139 g/mol. The zero-order chi connectivity index (χ0) is 7.40. The Bertz CT molecular complexity index is 186. The molecule has 0 aromatic heterocycles. The molecule has 0 bridgehead atoms. The summed E-state index contributed by atoms with van der Waals surface area (Å²) in [6, 6.07) is 8.64. The zero-order valence-electron chi connectivity index (χ0n) is 5.67. The van der Waals surface area contributed by atoms with Crippen molar-refractivity contribution < 1.29 is 9.13 Å². The maximum atomic E-state index is 12.6. The molecule has 53 valence electrons. The molecule has 0 amide bonds. The van der Waals surface area contributed by atoms with Crippen molar-refractivity contribution in [1.82, 2.24) is 0 Å². The highest BCUT2D eigenvalue weighted by Crippen LogP contribution is 2.14. The second kappa shape index (κ2) is 3.32. The molecule has 0 spiro atoms. The molecule has 1 aromatic rings. The summed E-state index contributed by atoms with van der Waals surface area (Å²) >= 11 is 0. The largest absolute Gasteiger partial charge is 0.341 e. The molecule has 0 aliphatic carbocycles. The van der Waals surface area contributed by atoms with Crippen LogP contribution < -0.4 is 0 Å². The third-order valence-electron chi connectivity index (χ3n) is 1.18. The molecule has 0 aliphatic rings. The summed E-state index contributed by atoms with van der Waals surface area (Å²) in [5, 5.41) is 0. The summed E-state index contributed by atoms with van der Waals surface area (Å²) in [5.41, 5.74) is 0.477. The van der Waals surface area contributed by atoms with Gasteiger partial charge in [0.25, 0.3) is 6.36 Å². The summed E-state index contributed by atoms with van der Waals surface area (Å²) in [7, 11) is 1.31. The predicted octanol–water partition coefficient (Wildman–Crippen LogP) is 2.14. The lowest BCUT2D eigenvalue weighted by Crippen LogP contribution is -1.93. The molecule has 0 aliphatic heterocycles. The van der Waals surface area contributed by atoms with Crippen LogP contribution in [0.3, 0.4) is 0 Å². The van der Waals surface area contributed by atoms with Gasteiger partial charge in [-0.1, -0.05) is 30.3 Å². The summed E-state index contributed by atoms with van der Waals surface area (Å²) in [6.45, 7) is 0. The number of hydrogen-bond acceptors (Lipinski definition) is 1. The van der Waals surface area contributed by atoms with Gasteiger partial charge in [-0.3, -0.25) is 0 Å². The first-order valence-corrected chi connectivity index (χ1v) is 2.96. The molecule has 1 radical (unpaired) electrons. The number of methoxy groups -OCH3 is 1. The fourth-order valence-corrected chi connectivity index (χ4v) is 0.687. The van der Waals surface area contributed by atoms with Gasteiger partial charge in [-0.15, -0.1) is 0 Å². The molecule has 0 unspecified atom stereocenters. The number of hydrogen-bond donors (Lipinski definition) is 0. The van der Waals surface area contributed by atoms with Crippen LogP contribution in [-0.4, -0.2) is 7.11 Å². The van der Waals surface area contributed by atoms with Crippen LogP contribution in [0.15, 0.2) is 30.3 Å². The second-order valence-electron chi connectivity index (χ2n) is 1.84. The lowest BCUT2D eigenvalue weighted by Gasteiger charge is -2.01. The van der Waals surface area contributed by atoms with E-state index in [2.05, 4.69) is 4.74 Å². The van der Waals surface area contributed by atoms with Crippen LogP contribution in [-0.2, 0) is 4.74 Å². The quantitative estimate of drug-likeness (QED) is 0.610. The molecule has 0 N–H and O–H groups in total. The Hall–Kier alpha value is -0.890. The SMILES string of the molecule is CO[C](F)c1ccccc1. The molecule has 1 aromatic carbocycles. The highest BCUT2D eigenvalue weighted by Gasteiger charge is 2.07. The van der Waals surface area contributed by atoms with E-state index in [0.717, 1.165) is 0 Å². The fraction of sp³-hybridized carbons (Fsp3) is 0.125. The number of ether oxygens (including phenoxy) is 1. The van der Waals surface area contributed by atoms with Gasteiger partial charge in [-0.2, -0.15) is 4.39 Å². The van der Waals surface area contributed by atoms with E-state index in [0.29, 0.717) is 5.56 Å². The smallest absolute Gasteiger partial charge is 0.299 e. The summed E-state index contributed by atoms with van der Waals surface area (Å²) < 4.78 is 16.9. The zero-order valence-corrected chi connectivity index (χ0v) is 5.67. The first kappa shape index (κ1) is 7.22. The molecule has 2 heteroatoms. The molecule has 0 atom stereocenters. The lowest BCUT2D eigenvalue weighted by molar-refractivity contribution is 0.132. The highest BCUT2D eigenvalue weighted by molar-refractivity contribution is 5.22. The van der Waals surface area contributed by atoms with Gasteiger partial charge < -0.3 is 4.74 Å². The lowest BCUT2D eigenvalue weighted by atomic mass is 10.2. The summed E-state index contributed by atoms with van der Waals surface area (Å²) in [5.74, 6) is 0. The predicted molar refractivity (Wildman–Crippen MR) is 36.9 cm³/mol. The fourth-order valence-electron chi connectivity index (χ4n) is 0.687. The van der Waals surface area contributed by atoms with E-state index in [1.54, 1.807) is 24.3 Å². The van der Waals surface area contributed by atoms with Crippen LogP contribution >= 0.6 is 0 Å². The molecule has 1 nitrogen and oxygen atoms in total. The average molecular weight is 139 g/mol. The minimum Gasteiger partial charge on any atom is -0.341 e. The van der Waals surface area contributed by atoms with Gasteiger partial charge in [0.1, 0.15) is 0 Å². The van der Waals surface area contributed by atoms with E-state index in [-0.39, 0.29) is 0 Å². The summed E-state index contributed by atoms with van der Waals surface area (Å²) in [6.07, 6.45) is -0.541. The maximum absolute atomic E-state index is 12.6. The number of halogens is 1. The van der Waals surface area contributed by atoms with Crippen molar-refractivity contribution in [3.05, 3.63) is 42.3 Å². The van der Waals surface area contributed by atoms with Crippen molar-refractivity contribution in [1.29, 1.82) is 0 Å². The molecule has 0 saturated carbocycles. The van der Waals surface area contributed by atoms with Gasteiger partial charge in [0.15, 0.2) is 0 Å². The molecule has 10 heavy (non-hydrogen) atoms. The maximum Gasteiger partial charge on any atom is 0.299 e. The van der Waals surface area contributed by atoms with Gasteiger partial charge in [0, 0.05) is 12.7 Å². The molecular formula is C8H8FO. The Labute approximate surface area is 59.4 Å². The van der Waals surface area contributed by atoms with Gasteiger partial charge in [0.2, 0.25) is 0 Å². The van der Waals surface area contributed by atoms with Crippen LogP contribution in [0.5, 0.6) is 0 Å². The molecule has 0 saturated heterocycles. The van der Waals surface area contributed by atoms with Crippen LogP contribution in [0.2, 0.25) is 0 Å². The van der Waals surface area contributed by atoms with Crippen molar-refractivity contribution in [2.45, 2.75) is 0 Å². The Balaban J connectivity index is 2.75. The van der Waals surface area contributed by atoms with Crippen molar-refractivity contribution in [2.75, 3.05) is 7.11 Å². The standard InChI is InChI=1S/C8H8FO/c1-10-8(9)7-5-3-2-4-6-7/h2-6H,1H3. The molecular weight excluding hydrogens is 131 g/mol. The first-order chi connectivity index (χ1) is 4.84. The molecule has 0 fully saturated rings. The number of rotatable bonds is 2. The summed E-state index contributed by atoms with van der Waals surface area (Å²) in [4.78, 5) is 0.